The van der Waals surface area contributed by atoms with Gasteiger partial charge < -0.3 is 59.8 Å². The molecule has 0 spiro atoms. The van der Waals surface area contributed by atoms with Gasteiger partial charge >= 0.3 is 37.3 Å². The van der Waals surface area contributed by atoms with E-state index in [9.17, 15) is 62.6 Å². The number of hydrogen-bond acceptors (Lipinski definition) is 16. The van der Waals surface area contributed by atoms with Crippen molar-refractivity contribution in [3.8, 4) is 0 Å². The van der Waals surface area contributed by atoms with E-state index >= 15 is 0 Å². The molecule has 1 aliphatic heterocycles. The molecule has 228 valence electrons. The highest BCUT2D eigenvalue weighted by molar-refractivity contribution is 7.47. The van der Waals surface area contributed by atoms with Crippen LogP contribution in [0.15, 0.2) is 11.1 Å². The maximum atomic E-state index is 12.1. The van der Waals surface area contributed by atoms with Gasteiger partial charge in [0.25, 0.3) is 5.56 Å². The molecule has 13 N–H and O–H groups in total. The van der Waals surface area contributed by atoms with E-state index < -0.39 is 84.2 Å². The Morgan fingerprint density at radius 3 is 2.02 bits per heavy atom. The van der Waals surface area contributed by atoms with Crippen LogP contribution in [0.2, 0.25) is 0 Å². The first-order valence-electron chi connectivity index (χ1n) is 9.36. The number of nitrogens with two attached hydrogens (primary N) is 1. The van der Waals surface area contributed by atoms with E-state index in [1.165, 1.54) is 0 Å². The van der Waals surface area contributed by atoms with Crippen molar-refractivity contribution in [2.75, 3.05) is 5.73 Å². The minimum atomic E-state index is -6.31. The third-order valence-corrected chi connectivity index (χ3v) is 6.18. The maximum absolute atomic E-state index is 12.1. The molecular weight excluding hydrogens is 650 g/mol. The molecule has 1 aliphatic rings. The number of aromatic amines is 1. The number of nitrogens with one attached hydrogen (secondary N) is 1. The summed E-state index contributed by atoms with van der Waals surface area (Å²) in [5.74, 6) is -9.48. The van der Waals surface area contributed by atoms with Crippen LogP contribution in [0.3, 0.4) is 0 Å². The number of rotatable bonds is 11. The first kappa shape index (κ1) is 32.9. The van der Waals surface area contributed by atoms with Gasteiger partial charge in [-0.3, -0.25) is 14.3 Å². The molecule has 0 unspecified atom stereocenters. The van der Waals surface area contributed by atoms with E-state index in [-0.39, 0.29) is 0 Å². The van der Waals surface area contributed by atoms with Gasteiger partial charge in [-0.1, -0.05) is 0 Å². The Morgan fingerprint density at radius 1 is 1.00 bits per heavy atom. The predicted molar refractivity (Wildman–Crippen MR) is 114 cm³/mol. The number of phosphoric acid groups is 4. The molecule has 0 bridgehead atoms. The second kappa shape index (κ2) is 10.6. The monoisotopic (exact) mass is 667 g/mol. The van der Waals surface area contributed by atoms with Crippen LogP contribution in [0.4, 0.5) is 5.95 Å². The van der Waals surface area contributed by atoms with Crippen LogP contribution in [0, 0.1) is 0 Å². The zero-order valence-corrected chi connectivity index (χ0v) is 22.1. The first-order valence-corrected chi connectivity index (χ1v) is 15.5. The Kier molecular flexibility index (Phi) is 8.74. The standard InChI is InChI=1S/C10H17N5O21P4/c11-8-13-4-2(5(17)14-8)12-1-15(4)6-3(16)9(18,33-37(19,20)21)7(31-6)10(34-38(22,23)24,35-39(25,26)27)32-36-40(28,29)30/h1,3,6-7,16,18H,(H2,19,20,21)(H2,22,23,24)(H2,25,26,27)(H2,28,29,30)(H3,11,13,14,17)/t3-,6+,7-,9+/m0/s1. The van der Waals surface area contributed by atoms with Crippen LogP contribution in [0.1, 0.15) is 6.23 Å². The number of imidazole rings is 1. The Hall–Kier alpha value is -1.57. The summed E-state index contributed by atoms with van der Waals surface area (Å²) in [5, 5.41) is 21.8. The molecule has 30 heteroatoms. The van der Waals surface area contributed by atoms with E-state index in [1.807, 2.05) is 4.98 Å². The molecule has 0 amide bonds. The van der Waals surface area contributed by atoms with E-state index in [2.05, 4.69) is 33.1 Å². The van der Waals surface area contributed by atoms with Crippen molar-refractivity contribution in [2.24, 2.45) is 0 Å². The highest BCUT2D eigenvalue weighted by Crippen LogP contribution is 2.59. The van der Waals surface area contributed by atoms with Gasteiger partial charge in [-0.05, 0) is 0 Å². The number of H-pyrrole nitrogens is 1. The number of hydrogen-bond donors (Lipinski definition) is 12. The van der Waals surface area contributed by atoms with Gasteiger partial charge in [-0.15, -0.1) is 4.67 Å². The smallest absolute Gasteiger partial charge is 0.383 e. The zero-order valence-electron chi connectivity index (χ0n) is 18.5. The quantitative estimate of drug-likeness (QED) is 0.0466. The average Bonchev–Trinajstić information content (AvgIpc) is 3.22. The fourth-order valence-electron chi connectivity index (χ4n) is 3.27. The summed E-state index contributed by atoms with van der Waals surface area (Å²) in [5.41, 5.74) is 3.25. The lowest BCUT2D eigenvalue weighted by Crippen LogP contribution is -2.61. The van der Waals surface area contributed by atoms with Crippen LogP contribution in [0.5, 0.6) is 0 Å². The number of phosphoric ester groups is 3. The lowest BCUT2D eigenvalue weighted by atomic mass is 10.0. The normalized spacial score (nSPS) is 25.1. The fourth-order valence-corrected chi connectivity index (χ4v) is 5.10. The largest absolute Gasteiger partial charge is 0.497 e. The number of nitrogens with zero attached hydrogens (tertiary/aromatic N) is 3. The number of fused-ring (bicyclic) bond motifs is 1. The molecule has 0 aromatic carbocycles. The summed E-state index contributed by atoms with van der Waals surface area (Å²) < 4.78 is 67.3. The van der Waals surface area contributed by atoms with Gasteiger partial charge in [0.15, 0.2) is 23.5 Å². The predicted octanol–water partition coefficient (Wildman–Crippen LogP) is -4.33. The average molecular weight is 667 g/mol. The molecule has 0 saturated carbocycles. The molecule has 2 aromatic heterocycles. The molecule has 40 heavy (non-hydrogen) atoms. The van der Waals surface area contributed by atoms with E-state index in [4.69, 9.17) is 20.3 Å². The van der Waals surface area contributed by atoms with Crippen molar-refractivity contribution in [1.82, 2.24) is 19.5 Å². The van der Waals surface area contributed by atoms with Gasteiger partial charge in [0, 0.05) is 0 Å². The van der Waals surface area contributed by atoms with E-state index in [0.717, 1.165) is 0 Å². The number of anilines is 1. The minimum absolute atomic E-state index is 0.475. The van der Waals surface area contributed by atoms with Crippen molar-refractivity contribution in [3.05, 3.63) is 16.7 Å². The first-order chi connectivity index (χ1) is 17.9. The van der Waals surface area contributed by atoms with Gasteiger partial charge in [-0.2, -0.15) is 9.87 Å². The molecule has 0 aliphatic carbocycles. The Morgan fingerprint density at radius 2 is 1.55 bits per heavy atom. The summed E-state index contributed by atoms with van der Waals surface area (Å²) in [6.07, 6.45) is -8.36. The summed E-state index contributed by atoms with van der Waals surface area (Å²) in [4.78, 5) is 99.1. The summed E-state index contributed by atoms with van der Waals surface area (Å²) >= 11 is 0. The number of aromatic nitrogens is 4. The Labute approximate surface area is 216 Å². The third kappa shape index (κ3) is 7.43. The number of nitrogen functional groups attached to an aromatic ring is 1. The molecule has 0 radical (unpaired) electrons. The molecular formula is C10H17N5O21P4. The molecule has 3 rings (SSSR count). The highest BCUT2D eigenvalue weighted by atomic mass is 31.2. The summed E-state index contributed by atoms with van der Waals surface area (Å²) in [6, 6.07) is 0. The van der Waals surface area contributed by atoms with Crippen LogP contribution in [-0.2, 0) is 46.1 Å². The van der Waals surface area contributed by atoms with Crippen molar-refractivity contribution < 1.29 is 95.5 Å². The topological polar surface area (TPSA) is 416 Å². The van der Waals surface area contributed by atoms with Crippen LogP contribution < -0.4 is 11.3 Å². The van der Waals surface area contributed by atoms with Crippen LogP contribution in [-0.4, -0.2) is 92.8 Å². The number of ether oxygens (including phenoxy) is 1. The van der Waals surface area contributed by atoms with Crippen molar-refractivity contribution >= 4 is 48.4 Å². The molecule has 3 heterocycles. The van der Waals surface area contributed by atoms with Crippen molar-refractivity contribution in [2.45, 2.75) is 30.2 Å². The second-order valence-electron chi connectivity index (χ2n) is 7.38. The fraction of sp³-hybridized carbons (Fsp3) is 0.500. The van der Waals surface area contributed by atoms with Crippen LogP contribution >= 0.6 is 31.3 Å². The lowest BCUT2D eigenvalue weighted by Gasteiger charge is -2.39. The molecule has 26 nitrogen and oxygen atoms in total. The van der Waals surface area contributed by atoms with Crippen LogP contribution in [0.25, 0.3) is 11.2 Å². The second-order valence-corrected chi connectivity index (χ2v) is 12.0. The van der Waals surface area contributed by atoms with Crippen molar-refractivity contribution in [3.63, 3.8) is 0 Å². The molecule has 2 aromatic rings. The van der Waals surface area contributed by atoms with Gasteiger partial charge in [0.1, 0.15) is 0 Å². The molecule has 1 fully saturated rings. The Bertz CT molecular complexity index is 1490. The lowest BCUT2D eigenvalue weighted by molar-refractivity contribution is -0.479. The number of aliphatic hydroxyl groups excluding tert-OH is 1. The Balaban J connectivity index is 2.32. The van der Waals surface area contributed by atoms with Gasteiger partial charge in [0.2, 0.25) is 17.8 Å². The minimum Gasteiger partial charge on any atom is -0.383 e. The SMILES string of the molecule is Nc1nc2c(ncn2[C@@H]2O[C@H](C(OOP(=O)(O)O)(OP(=O)(O)O)OP(=O)(O)O)[C@](O)(OP(=O)(O)O)[C@H]2O)c(=O)[nH]1. The third-order valence-electron chi connectivity index (χ3n) is 4.40. The maximum Gasteiger partial charge on any atom is 0.497 e. The zero-order chi connectivity index (χ0) is 30.7. The van der Waals surface area contributed by atoms with E-state index in [1.54, 1.807) is 0 Å². The number of aliphatic hydroxyl groups is 2. The molecule has 4 atom stereocenters. The highest BCUT2D eigenvalue weighted by Gasteiger charge is 2.72. The van der Waals surface area contributed by atoms with Gasteiger partial charge in [-0.25, -0.2) is 36.8 Å². The van der Waals surface area contributed by atoms with Gasteiger partial charge in [0.05, 0.1) is 6.33 Å². The molecule has 1 saturated heterocycles. The summed E-state index contributed by atoms with van der Waals surface area (Å²) in [7, 11) is -24.7. The summed E-state index contributed by atoms with van der Waals surface area (Å²) in [6.45, 7) is 0. The van der Waals surface area contributed by atoms with E-state index in [0.29, 0.717) is 10.9 Å². The van der Waals surface area contributed by atoms with Crippen molar-refractivity contribution in [1.29, 1.82) is 0 Å².